The molecule has 2 bridgehead atoms. The average molecular weight is 912 g/mol. The van der Waals surface area contributed by atoms with Crippen molar-refractivity contribution >= 4 is 29.2 Å². The van der Waals surface area contributed by atoms with Crippen molar-refractivity contribution in [2.24, 2.45) is 41.4 Å². The van der Waals surface area contributed by atoms with E-state index in [1.54, 1.807) is 28.1 Å². The molecule has 15 atom stereocenters. The molecule has 13 nitrogen and oxygen atoms in total. The number of aliphatic hydroxyl groups is 2. The van der Waals surface area contributed by atoms with Gasteiger partial charge in [0.25, 0.3) is 11.7 Å². The number of esters is 1. The van der Waals surface area contributed by atoms with Gasteiger partial charge >= 0.3 is 5.97 Å². The molecule has 0 radical (unpaired) electrons. The van der Waals surface area contributed by atoms with Crippen molar-refractivity contribution in [1.29, 1.82) is 0 Å². The van der Waals surface area contributed by atoms with Gasteiger partial charge in [-0.05, 0) is 101 Å². The second kappa shape index (κ2) is 25.2. The van der Waals surface area contributed by atoms with Gasteiger partial charge in [0.15, 0.2) is 5.78 Å². The minimum Gasteiger partial charge on any atom is -0.460 e. The fraction of sp³-hybridized carbons (Fsp3) is 0.750. The lowest BCUT2D eigenvalue weighted by Gasteiger charge is -2.42. The van der Waals surface area contributed by atoms with E-state index >= 15 is 0 Å². The highest BCUT2D eigenvalue weighted by molar-refractivity contribution is 6.39. The van der Waals surface area contributed by atoms with Gasteiger partial charge in [0.05, 0.1) is 24.4 Å². The van der Waals surface area contributed by atoms with Crippen molar-refractivity contribution in [3.8, 4) is 0 Å². The Morgan fingerprint density at radius 3 is 2.25 bits per heavy atom. The number of carbonyl (C=O) groups excluding carboxylic acids is 5. The summed E-state index contributed by atoms with van der Waals surface area (Å²) in [5, 5.41) is 22.4. The predicted molar refractivity (Wildman–Crippen MR) is 248 cm³/mol. The number of amides is 1. The van der Waals surface area contributed by atoms with E-state index in [1.807, 2.05) is 65.0 Å². The maximum Gasteiger partial charge on any atom is 0.329 e. The molecule has 65 heavy (non-hydrogen) atoms. The van der Waals surface area contributed by atoms with E-state index in [9.17, 15) is 34.2 Å². The predicted octanol–water partition coefficient (Wildman–Crippen LogP) is 7.46. The molecular formula is C52H81NO12. The number of piperidine rings is 1. The zero-order valence-corrected chi connectivity index (χ0v) is 41.2. The number of ketones is 3. The van der Waals surface area contributed by atoms with E-state index in [0.717, 1.165) is 17.6 Å². The molecular weight excluding hydrogens is 831 g/mol. The summed E-state index contributed by atoms with van der Waals surface area (Å²) in [6.45, 7) is 15.3. The molecule has 366 valence electrons. The second-order valence-corrected chi connectivity index (χ2v) is 19.9. The molecule has 0 aromatic heterocycles. The van der Waals surface area contributed by atoms with Crippen LogP contribution in [0.4, 0.5) is 0 Å². The Hall–Kier alpha value is -3.33. The number of fused-ring (bicyclic) bond motifs is 3. The summed E-state index contributed by atoms with van der Waals surface area (Å²) in [7, 11) is 4.71. The first-order chi connectivity index (χ1) is 30.7. The summed E-state index contributed by atoms with van der Waals surface area (Å²) >= 11 is 0. The highest BCUT2D eigenvalue weighted by atomic mass is 16.6. The van der Waals surface area contributed by atoms with Gasteiger partial charge in [-0.2, -0.15) is 0 Å². The third-order valence-corrected chi connectivity index (χ3v) is 14.9. The average Bonchev–Trinajstić information content (AvgIpc) is 3.28. The lowest BCUT2D eigenvalue weighted by Crippen LogP contribution is -2.61. The number of methoxy groups -OCH3 is 3. The molecule has 0 spiro atoms. The first-order valence-corrected chi connectivity index (χ1v) is 24.2. The van der Waals surface area contributed by atoms with Crippen LogP contribution in [0, 0.1) is 41.4 Å². The molecule has 1 aliphatic carbocycles. The zero-order valence-electron chi connectivity index (χ0n) is 41.2. The van der Waals surface area contributed by atoms with Gasteiger partial charge in [-0.1, -0.05) is 83.6 Å². The number of hydrogen-bond acceptors (Lipinski definition) is 12. The van der Waals surface area contributed by atoms with Crippen LogP contribution in [0.15, 0.2) is 47.6 Å². The maximum atomic E-state index is 14.4. The van der Waals surface area contributed by atoms with Crippen molar-refractivity contribution in [2.45, 2.75) is 181 Å². The van der Waals surface area contributed by atoms with E-state index in [0.29, 0.717) is 57.8 Å². The van der Waals surface area contributed by atoms with Crippen LogP contribution in [0.5, 0.6) is 0 Å². The molecule has 2 saturated heterocycles. The van der Waals surface area contributed by atoms with Gasteiger partial charge in [0.2, 0.25) is 5.79 Å². The Morgan fingerprint density at radius 2 is 1.57 bits per heavy atom. The van der Waals surface area contributed by atoms with Crippen molar-refractivity contribution in [3.63, 3.8) is 0 Å². The Labute approximate surface area is 388 Å². The zero-order chi connectivity index (χ0) is 48.2. The smallest absolute Gasteiger partial charge is 0.329 e. The Kier molecular flexibility index (Phi) is 21.0. The van der Waals surface area contributed by atoms with E-state index in [2.05, 4.69) is 13.0 Å². The highest BCUT2D eigenvalue weighted by Gasteiger charge is 2.53. The van der Waals surface area contributed by atoms with Gasteiger partial charge in [-0.15, -0.1) is 0 Å². The minimum absolute atomic E-state index is 0.00540. The topological polar surface area (TPSA) is 175 Å². The third kappa shape index (κ3) is 14.3. The fourth-order valence-electron chi connectivity index (χ4n) is 10.3. The number of hydrogen-bond donors (Lipinski definition) is 2. The first kappa shape index (κ1) is 54.3. The van der Waals surface area contributed by atoms with Crippen LogP contribution in [0.2, 0.25) is 0 Å². The molecule has 3 heterocycles. The summed E-state index contributed by atoms with van der Waals surface area (Å²) in [6.07, 6.45) is 14.0. The van der Waals surface area contributed by atoms with Crippen LogP contribution in [-0.2, 0) is 47.7 Å². The molecule has 3 aliphatic heterocycles. The molecule has 1 amide bonds. The largest absolute Gasteiger partial charge is 0.460 e. The number of cyclic esters (lactones) is 1. The van der Waals surface area contributed by atoms with Crippen LogP contribution in [0.1, 0.15) is 132 Å². The quantitative estimate of drug-likeness (QED) is 0.153. The van der Waals surface area contributed by atoms with Crippen LogP contribution >= 0.6 is 0 Å². The number of allylic oxidation sites excluding steroid dienone is 6. The number of aliphatic hydroxyl groups excluding tert-OH is 1. The lowest BCUT2D eigenvalue weighted by atomic mass is 9.78. The molecule has 1 saturated carbocycles. The highest BCUT2D eigenvalue weighted by Crippen LogP contribution is 2.38. The van der Waals surface area contributed by atoms with Gasteiger partial charge in [0, 0.05) is 64.4 Å². The van der Waals surface area contributed by atoms with Crippen LogP contribution < -0.4 is 0 Å². The first-order valence-electron chi connectivity index (χ1n) is 24.2. The summed E-state index contributed by atoms with van der Waals surface area (Å²) < 4.78 is 29.7. The van der Waals surface area contributed by atoms with Crippen LogP contribution in [0.25, 0.3) is 0 Å². The Bertz CT molecular complexity index is 1750. The number of nitrogens with zero attached hydrogens (tertiary/aromatic N) is 1. The number of rotatable bonds is 6. The van der Waals surface area contributed by atoms with Crippen molar-refractivity contribution < 1.29 is 57.9 Å². The standard InChI is InChI=1S/C52H81NO12/c1-31-17-13-12-14-18-32(2)44(61-9)29-40-22-20-37(7)52(60,65-40)49(57)50(58)53-24-16-15-19-41(53)51(59)64-45(35(5)27-39-21-23-42(54)46(28-39)62-10)30-43(55)34(4)26-33(3)38(8)48(63-11)47(56)36(6)25-31/h12-14,17-18,26,31,34-42,44-46,48,54,60H,15-16,19-25,27-30H2,1-11H3/b14-12+,17-13+,32-18+,33-26+/t31-,34-,35-,36?,37?,38-,39+,40?,41+,42-,44?,45+,46-,48-,52?/m1/s1. The SMILES string of the molecule is COC1CC2CCC(C)C(O)(O2)C(=O)C(=O)N2CCCC[C@H]2C(=O)O[C@H]([C@H](C)C[C@@H]2CC[C@@H](O)[C@H](OC)C2)CC(=O)[C@H](C)/C=C(\C)[C@@H](C)[C@@H](OC)C(=O)C(C)C[C@H](C)/C=C/C=C/C=C/1C. The lowest BCUT2D eigenvalue weighted by molar-refractivity contribution is -0.265. The Balaban J connectivity index is 1.70. The molecule has 13 heteroatoms. The van der Waals surface area contributed by atoms with Gasteiger partial charge in [0.1, 0.15) is 24.0 Å². The molecule has 4 rings (SSSR count). The molecule has 3 fully saturated rings. The normalized spacial score (nSPS) is 40.4. The fourth-order valence-corrected chi connectivity index (χ4v) is 10.3. The van der Waals surface area contributed by atoms with E-state index < -0.39 is 71.8 Å². The summed E-state index contributed by atoms with van der Waals surface area (Å²) in [4.78, 5) is 72.1. The number of Topliss-reactive ketones (excluding diaryl/α,β-unsaturated/α-hetero) is 3. The maximum absolute atomic E-state index is 14.4. The third-order valence-electron chi connectivity index (χ3n) is 14.9. The summed E-state index contributed by atoms with van der Waals surface area (Å²) in [6, 6.07) is -1.11. The molecule has 0 aromatic carbocycles. The Morgan fingerprint density at radius 1 is 0.846 bits per heavy atom. The summed E-state index contributed by atoms with van der Waals surface area (Å²) in [5.74, 6) is -7.31. The van der Waals surface area contributed by atoms with Crippen molar-refractivity contribution in [3.05, 3.63) is 47.6 Å². The second-order valence-electron chi connectivity index (χ2n) is 19.9. The number of carbonyl (C=O) groups is 5. The molecule has 4 aliphatic rings. The summed E-state index contributed by atoms with van der Waals surface area (Å²) in [5.41, 5.74) is 1.73. The van der Waals surface area contributed by atoms with Crippen LogP contribution in [0.3, 0.4) is 0 Å². The van der Waals surface area contributed by atoms with E-state index in [1.165, 1.54) is 12.0 Å². The molecule has 0 aromatic rings. The monoisotopic (exact) mass is 912 g/mol. The molecule has 2 N–H and O–H groups in total. The van der Waals surface area contributed by atoms with E-state index in [4.69, 9.17) is 23.7 Å². The van der Waals surface area contributed by atoms with E-state index in [-0.39, 0.29) is 66.6 Å². The minimum atomic E-state index is -2.41. The molecule has 5 unspecified atom stereocenters. The van der Waals surface area contributed by atoms with Crippen molar-refractivity contribution in [1.82, 2.24) is 4.90 Å². The van der Waals surface area contributed by atoms with Gasteiger partial charge in [-0.25, -0.2) is 4.79 Å². The van der Waals surface area contributed by atoms with Crippen LogP contribution in [-0.4, -0.2) is 121 Å². The van der Waals surface area contributed by atoms with Gasteiger partial charge in [-0.3, -0.25) is 19.2 Å². The van der Waals surface area contributed by atoms with Gasteiger partial charge < -0.3 is 38.8 Å². The number of ether oxygens (including phenoxy) is 5. The van der Waals surface area contributed by atoms with Crippen molar-refractivity contribution in [2.75, 3.05) is 27.9 Å².